The van der Waals surface area contributed by atoms with Crippen molar-refractivity contribution in [2.24, 2.45) is 0 Å². The number of nitrogens with one attached hydrogen (secondary N) is 3. The van der Waals surface area contributed by atoms with Gasteiger partial charge in [0, 0.05) is 23.6 Å². The molecule has 8 nitrogen and oxygen atoms in total. The van der Waals surface area contributed by atoms with Gasteiger partial charge in [0.15, 0.2) is 0 Å². The van der Waals surface area contributed by atoms with Gasteiger partial charge in [-0.3, -0.25) is 14.3 Å². The van der Waals surface area contributed by atoms with Crippen molar-refractivity contribution in [3.05, 3.63) is 83.4 Å². The summed E-state index contributed by atoms with van der Waals surface area (Å²) in [7, 11) is -3.99. The summed E-state index contributed by atoms with van der Waals surface area (Å²) >= 11 is 5.88. The van der Waals surface area contributed by atoms with E-state index in [1.165, 1.54) is 24.3 Å². The van der Waals surface area contributed by atoms with E-state index in [0.717, 1.165) is 6.07 Å². The molecule has 0 atom stereocenters. The molecule has 0 bridgehead atoms. The lowest BCUT2D eigenvalue weighted by Gasteiger charge is -2.12. The number of aromatic hydroxyl groups is 1. The molecule has 0 aromatic heterocycles. The first-order chi connectivity index (χ1) is 15.2. The third kappa shape index (κ3) is 6.22. The molecule has 10 heteroatoms. The van der Waals surface area contributed by atoms with Crippen molar-refractivity contribution in [2.45, 2.75) is 11.3 Å². The van der Waals surface area contributed by atoms with E-state index in [4.69, 9.17) is 11.6 Å². The standard InChI is InChI=1S/C22H20ClN3O5S/c23-16-7-4-8-17(13-16)26-32(30,31)18-9-10-20(27)19(14-18)25-21(28)11-12-24-22(29)15-5-2-1-3-6-15/h1-10,13-14,26-27H,11-12H2,(H,24,29)(H,25,28). The number of sulfonamides is 1. The highest BCUT2D eigenvalue weighted by Crippen LogP contribution is 2.28. The van der Waals surface area contributed by atoms with E-state index in [9.17, 15) is 23.1 Å². The first-order valence-electron chi connectivity index (χ1n) is 9.49. The summed E-state index contributed by atoms with van der Waals surface area (Å²) in [5.74, 6) is -1.12. The molecule has 3 aromatic rings. The molecule has 3 rings (SSSR count). The highest BCUT2D eigenvalue weighted by Gasteiger charge is 2.18. The Morgan fingerprint density at radius 3 is 2.41 bits per heavy atom. The maximum absolute atomic E-state index is 12.6. The van der Waals surface area contributed by atoms with E-state index in [1.54, 1.807) is 42.5 Å². The number of amides is 2. The molecule has 0 fully saturated rings. The van der Waals surface area contributed by atoms with Crippen LogP contribution in [0.15, 0.2) is 77.7 Å². The van der Waals surface area contributed by atoms with Crippen LogP contribution in [0, 0.1) is 0 Å². The van der Waals surface area contributed by atoms with E-state index < -0.39 is 15.9 Å². The van der Waals surface area contributed by atoms with Crippen molar-refractivity contribution in [1.82, 2.24) is 5.32 Å². The average Bonchev–Trinajstić information content (AvgIpc) is 2.75. The van der Waals surface area contributed by atoms with Crippen molar-refractivity contribution in [2.75, 3.05) is 16.6 Å². The van der Waals surface area contributed by atoms with Gasteiger partial charge < -0.3 is 15.7 Å². The van der Waals surface area contributed by atoms with E-state index in [-0.39, 0.29) is 40.9 Å². The van der Waals surface area contributed by atoms with Gasteiger partial charge in [0.1, 0.15) is 5.75 Å². The summed E-state index contributed by atoms with van der Waals surface area (Å²) in [5.41, 5.74) is 0.666. The summed E-state index contributed by atoms with van der Waals surface area (Å²) in [4.78, 5) is 24.1. The third-order valence-corrected chi connectivity index (χ3v) is 5.92. The van der Waals surface area contributed by atoms with Crippen LogP contribution in [0.4, 0.5) is 11.4 Å². The fourth-order valence-corrected chi connectivity index (χ4v) is 4.01. The molecule has 0 aliphatic rings. The Hall–Kier alpha value is -3.56. The molecule has 0 saturated carbocycles. The molecule has 0 unspecified atom stereocenters. The molecule has 0 spiro atoms. The van der Waals surface area contributed by atoms with Gasteiger partial charge >= 0.3 is 0 Å². The second kappa shape index (κ2) is 10.2. The largest absolute Gasteiger partial charge is 0.506 e. The number of phenolic OH excluding ortho intramolecular Hbond substituents is 1. The molecule has 0 radical (unpaired) electrons. The van der Waals surface area contributed by atoms with Crippen molar-refractivity contribution in [1.29, 1.82) is 0 Å². The van der Waals surface area contributed by atoms with Crippen LogP contribution in [0.3, 0.4) is 0 Å². The number of hydrogen-bond donors (Lipinski definition) is 4. The molecule has 0 heterocycles. The molecule has 4 N–H and O–H groups in total. The Balaban J connectivity index is 1.62. The lowest BCUT2D eigenvalue weighted by molar-refractivity contribution is -0.116. The van der Waals surface area contributed by atoms with Crippen molar-refractivity contribution < 1.29 is 23.1 Å². The van der Waals surface area contributed by atoms with E-state index in [2.05, 4.69) is 15.4 Å². The molecule has 0 aliphatic carbocycles. The zero-order valence-corrected chi connectivity index (χ0v) is 18.3. The smallest absolute Gasteiger partial charge is 0.261 e. The summed E-state index contributed by atoms with van der Waals surface area (Å²) in [6, 6.07) is 18.2. The van der Waals surface area contributed by atoms with Crippen LogP contribution in [0.25, 0.3) is 0 Å². The van der Waals surface area contributed by atoms with Crippen LogP contribution in [-0.2, 0) is 14.8 Å². The Morgan fingerprint density at radius 2 is 1.69 bits per heavy atom. The summed E-state index contributed by atoms with van der Waals surface area (Å²) in [6.45, 7) is 0.0641. The van der Waals surface area contributed by atoms with Gasteiger partial charge in [-0.1, -0.05) is 35.9 Å². The van der Waals surface area contributed by atoms with Crippen LogP contribution in [0.2, 0.25) is 5.02 Å². The van der Waals surface area contributed by atoms with E-state index in [0.29, 0.717) is 10.6 Å². The summed E-state index contributed by atoms with van der Waals surface area (Å²) in [5, 5.41) is 15.5. The number of benzene rings is 3. The molecule has 166 valence electrons. The fraction of sp³-hybridized carbons (Fsp3) is 0.0909. The lowest BCUT2D eigenvalue weighted by atomic mass is 10.2. The predicted molar refractivity (Wildman–Crippen MR) is 122 cm³/mol. The maximum atomic E-state index is 12.6. The van der Waals surface area contributed by atoms with Crippen LogP contribution in [0.5, 0.6) is 5.75 Å². The number of carbonyl (C=O) groups excluding carboxylic acids is 2. The number of halogens is 1. The molecular formula is C22H20ClN3O5S. The predicted octanol–water partition coefficient (Wildman–Crippen LogP) is 3.61. The van der Waals surface area contributed by atoms with Crippen LogP contribution in [0.1, 0.15) is 16.8 Å². The quantitative estimate of drug-likeness (QED) is 0.372. The first kappa shape index (κ1) is 23.1. The first-order valence-corrected chi connectivity index (χ1v) is 11.4. The molecule has 3 aromatic carbocycles. The number of carbonyl (C=O) groups is 2. The number of rotatable bonds is 8. The Kier molecular flexibility index (Phi) is 7.34. The summed E-state index contributed by atoms with van der Waals surface area (Å²) < 4.78 is 27.7. The molecule has 2 amide bonds. The number of phenols is 1. The SMILES string of the molecule is O=C(CCNC(=O)c1ccccc1)Nc1cc(S(=O)(=O)Nc2cccc(Cl)c2)ccc1O. The highest BCUT2D eigenvalue weighted by atomic mass is 35.5. The minimum Gasteiger partial charge on any atom is -0.506 e. The Morgan fingerprint density at radius 1 is 0.938 bits per heavy atom. The minimum absolute atomic E-state index is 0.0641. The topological polar surface area (TPSA) is 125 Å². The molecule has 0 saturated heterocycles. The maximum Gasteiger partial charge on any atom is 0.261 e. The monoisotopic (exact) mass is 473 g/mol. The van der Waals surface area contributed by atoms with Gasteiger partial charge in [0.2, 0.25) is 5.91 Å². The van der Waals surface area contributed by atoms with Gasteiger partial charge in [0.05, 0.1) is 16.3 Å². The Labute approximate surface area is 190 Å². The van der Waals surface area contributed by atoms with Gasteiger partial charge in [-0.05, 0) is 48.5 Å². The van der Waals surface area contributed by atoms with Gasteiger partial charge in [-0.15, -0.1) is 0 Å². The molecular weight excluding hydrogens is 454 g/mol. The van der Waals surface area contributed by atoms with Gasteiger partial charge in [-0.25, -0.2) is 8.42 Å². The fourth-order valence-electron chi connectivity index (χ4n) is 2.74. The van der Waals surface area contributed by atoms with Crippen LogP contribution >= 0.6 is 11.6 Å². The van der Waals surface area contributed by atoms with Crippen LogP contribution in [-0.4, -0.2) is 31.9 Å². The van der Waals surface area contributed by atoms with Crippen LogP contribution < -0.4 is 15.4 Å². The zero-order chi connectivity index (χ0) is 23.1. The Bertz CT molecular complexity index is 1230. The van der Waals surface area contributed by atoms with Gasteiger partial charge in [-0.2, -0.15) is 0 Å². The van der Waals surface area contributed by atoms with E-state index in [1.807, 2.05) is 0 Å². The van der Waals surface area contributed by atoms with Crippen molar-refractivity contribution in [3.63, 3.8) is 0 Å². The molecule has 32 heavy (non-hydrogen) atoms. The van der Waals surface area contributed by atoms with Gasteiger partial charge in [0.25, 0.3) is 15.9 Å². The third-order valence-electron chi connectivity index (χ3n) is 4.30. The van der Waals surface area contributed by atoms with E-state index >= 15 is 0 Å². The summed E-state index contributed by atoms with van der Waals surface area (Å²) in [6.07, 6.45) is -0.0737. The number of anilines is 2. The average molecular weight is 474 g/mol. The minimum atomic E-state index is -3.99. The molecule has 0 aliphatic heterocycles. The highest BCUT2D eigenvalue weighted by molar-refractivity contribution is 7.92. The number of hydrogen-bond acceptors (Lipinski definition) is 5. The zero-order valence-electron chi connectivity index (χ0n) is 16.7. The normalized spacial score (nSPS) is 10.9. The van der Waals surface area contributed by atoms with Crippen molar-refractivity contribution in [3.8, 4) is 5.75 Å². The van der Waals surface area contributed by atoms with Crippen molar-refractivity contribution >= 4 is 44.8 Å². The second-order valence-corrected chi connectivity index (χ2v) is 8.83. The second-order valence-electron chi connectivity index (χ2n) is 6.71. The lowest BCUT2D eigenvalue weighted by Crippen LogP contribution is -2.27.